The summed E-state index contributed by atoms with van der Waals surface area (Å²) in [6.07, 6.45) is 1.72. The van der Waals surface area contributed by atoms with Crippen molar-refractivity contribution in [2.45, 2.75) is 38.6 Å². The van der Waals surface area contributed by atoms with E-state index < -0.39 is 0 Å². The Hall–Kier alpha value is -1.43. The molecule has 2 unspecified atom stereocenters. The van der Waals surface area contributed by atoms with Crippen LogP contribution < -0.4 is 0 Å². The molecule has 1 aliphatic carbocycles. The molecule has 5 nitrogen and oxygen atoms in total. The maximum Gasteiger partial charge on any atom is 0.181 e. The average Bonchev–Trinajstić information content (AvgIpc) is 2.50. The van der Waals surface area contributed by atoms with E-state index >= 15 is 0 Å². The Labute approximate surface area is 132 Å². The molecular formula is C17H26N2O3. The summed E-state index contributed by atoms with van der Waals surface area (Å²) in [4.78, 5) is 12.9. The monoisotopic (exact) mass is 306 g/mol. The molecule has 0 aromatic heterocycles. The van der Waals surface area contributed by atoms with Crippen LogP contribution in [0.5, 0.6) is 5.75 Å². The Kier molecular flexibility index (Phi) is 5.56. The van der Waals surface area contributed by atoms with Crippen LogP contribution in [0, 0.1) is 0 Å². The lowest BCUT2D eigenvalue weighted by atomic mass is 9.77. The number of aromatic hydroxyl groups is 1. The number of hydrogen-bond donors (Lipinski definition) is 1. The van der Waals surface area contributed by atoms with Crippen molar-refractivity contribution >= 4 is 5.78 Å². The third-order valence-electron chi connectivity index (χ3n) is 4.48. The number of hydrazine groups is 1. The number of phenols is 1. The fraction of sp³-hybridized carbons (Fsp3) is 0.588. The van der Waals surface area contributed by atoms with Crippen molar-refractivity contribution in [2.75, 3.05) is 27.4 Å². The molecule has 0 amide bonds. The molecule has 2 rings (SSSR count). The van der Waals surface area contributed by atoms with Crippen molar-refractivity contribution in [3.05, 3.63) is 29.3 Å². The molecular weight excluding hydrogens is 280 g/mol. The normalized spacial score (nSPS) is 21.5. The largest absolute Gasteiger partial charge is 0.508 e. The molecule has 1 aliphatic rings. The maximum absolute atomic E-state index is 12.9. The number of hydrogen-bond acceptors (Lipinski definition) is 5. The number of benzene rings is 1. The summed E-state index contributed by atoms with van der Waals surface area (Å²) in [6, 6.07) is 4.92. The predicted molar refractivity (Wildman–Crippen MR) is 85.9 cm³/mol. The Balaban J connectivity index is 2.35. The zero-order valence-corrected chi connectivity index (χ0v) is 13.9. The van der Waals surface area contributed by atoms with Crippen LogP contribution >= 0.6 is 0 Å². The first-order valence-corrected chi connectivity index (χ1v) is 7.87. The van der Waals surface area contributed by atoms with E-state index in [1.807, 2.05) is 19.0 Å². The number of Topliss-reactive ketones (excluding diaryl/α,β-unsaturated/α-hetero) is 1. The van der Waals surface area contributed by atoms with Gasteiger partial charge in [-0.1, -0.05) is 13.8 Å². The molecule has 0 bridgehead atoms. The molecule has 1 aromatic rings. The zero-order valence-electron chi connectivity index (χ0n) is 13.9. The van der Waals surface area contributed by atoms with Gasteiger partial charge in [0.2, 0.25) is 0 Å². The maximum atomic E-state index is 12.9. The van der Waals surface area contributed by atoms with Crippen molar-refractivity contribution in [1.29, 1.82) is 0 Å². The highest BCUT2D eigenvalue weighted by molar-refractivity contribution is 6.02. The molecule has 0 saturated carbocycles. The van der Waals surface area contributed by atoms with Gasteiger partial charge in [-0.2, -0.15) is 0 Å². The number of methoxy groups -OCH3 is 1. The molecule has 0 fully saturated rings. The molecule has 0 saturated heterocycles. The molecule has 0 spiro atoms. The fourth-order valence-corrected chi connectivity index (χ4v) is 3.40. The van der Waals surface area contributed by atoms with Crippen LogP contribution in [-0.2, 0) is 4.74 Å². The zero-order chi connectivity index (χ0) is 16.3. The van der Waals surface area contributed by atoms with Crippen molar-refractivity contribution in [3.8, 4) is 5.75 Å². The van der Waals surface area contributed by atoms with Crippen molar-refractivity contribution in [3.63, 3.8) is 0 Å². The van der Waals surface area contributed by atoms with Gasteiger partial charge in [0.15, 0.2) is 5.78 Å². The van der Waals surface area contributed by atoms with Crippen molar-refractivity contribution < 1.29 is 14.6 Å². The average molecular weight is 306 g/mol. The predicted octanol–water partition coefficient (Wildman–Crippen LogP) is 2.61. The number of rotatable bonds is 6. The number of carbonyl (C=O) groups is 1. The summed E-state index contributed by atoms with van der Waals surface area (Å²) in [5.41, 5.74) is 1.72. The SMILES string of the molecule is CCC1CC(N(CC)N(C)COC)C(=O)c2ccc(O)cc21. The molecule has 122 valence electrons. The number of carbonyl (C=O) groups excluding carboxylic acids is 1. The third kappa shape index (κ3) is 3.16. The van der Waals surface area contributed by atoms with E-state index in [1.54, 1.807) is 25.3 Å². The molecule has 0 radical (unpaired) electrons. The lowest BCUT2D eigenvalue weighted by Crippen LogP contribution is -2.52. The number of ether oxygens (including phenoxy) is 1. The van der Waals surface area contributed by atoms with Gasteiger partial charge >= 0.3 is 0 Å². The number of phenolic OH excluding ortho intramolecular Hbond substituents is 1. The first-order chi connectivity index (χ1) is 10.5. The molecule has 1 N–H and O–H groups in total. The van der Waals surface area contributed by atoms with Crippen LogP contribution in [0.15, 0.2) is 18.2 Å². The summed E-state index contributed by atoms with van der Waals surface area (Å²) in [5, 5.41) is 13.8. The van der Waals surface area contributed by atoms with Gasteiger partial charge in [-0.15, -0.1) is 0 Å². The van der Waals surface area contributed by atoms with E-state index in [-0.39, 0.29) is 23.5 Å². The minimum absolute atomic E-state index is 0.129. The molecule has 1 aromatic carbocycles. The molecule has 0 heterocycles. The Morgan fingerprint density at radius 2 is 2.09 bits per heavy atom. The third-order valence-corrected chi connectivity index (χ3v) is 4.48. The second-order valence-electron chi connectivity index (χ2n) is 5.82. The van der Waals surface area contributed by atoms with E-state index in [9.17, 15) is 9.90 Å². The summed E-state index contributed by atoms with van der Waals surface area (Å²) in [6.45, 7) is 5.38. The van der Waals surface area contributed by atoms with E-state index in [1.165, 1.54) is 0 Å². The smallest absolute Gasteiger partial charge is 0.181 e. The second kappa shape index (κ2) is 7.22. The number of fused-ring (bicyclic) bond motifs is 1. The fourth-order valence-electron chi connectivity index (χ4n) is 3.40. The number of likely N-dealkylation sites (N-methyl/N-ethyl adjacent to an activating group) is 1. The number of nitrogens with zero attached hydrogens (tertiary/aromatic N) is 2. The summed E-state index contributed by atoms with van der Waals surface area (Å²) in [5.74, 6) is 0.645. The molecule has 0 aliphatic heterocycles. The highest BCUT2D eigenvalue weighted by atomic mass is 16.5. The van der Waals surface area contributed by atoms with Gasteiger partial charge in [0.25, 0.3) is 0 Å². The highest BCUT2D eigenvalue weighted by Gasteiger charge is 2.37. The van der Waals surface area contributed by atoms with Gasteiger partial charge in [-0.3, -0.25) is 4.79 Å². The number of ketones is 1. The Morgan fingerprint density at radius 3 is 2.68 bits per heavy atom. The quantitative estimate of drug-likeness (QED) is 0.647. The van der Waals surface area contributed by atoms with Crippen LogP contribution in [0.1, 0.15) is 48.5 Å². The summed E-state index contributed by atoms with van der Waals surface area (Å²) >= 11 is 0. The lowest BCUT2D eigenvalue weighted by Gasteiger charge is -2.40. The van der Waals surface area contributed by atoms with Gasteiger partial charge in [-0.05, 0) is 42.5 Å². The minimum Gasteiger partial charge on any atom is -0.508 e. The van der Waals surface area contributed by atoms with E-state index in [2.05, 4.69) is 11.9 Å². The Bertz CT molecular complexity index is 533. The first-order valence-electron chi connectivity index (χ1n) is 7.87. The lowest BCUT2D eigenvalue weighted by molar-refractivity contribution is -0.0924. The minimum atomic E-state index is -0.174. The van der Waals surface area contributed by atoms with E-state index in [4.69, 9.17) is 4.74 Å². The topological polar surface area (TPSA) is 53.0 Å². The van der Waals surface area contributed by atoms with Crippen molar-refractivity contribution in [1.82, 2.24) is 10.0 Å². The molecule has 5 heteroatoms. The summed E-state index contributed by atoms with van der Waals surface area (Å²) < 4.78 is 5.19. The van der Waals surface area contributed by atoms with Crippen molar-refractivity contribution in [2.24, 2.45) is 0 Å². The van der Waals surface area contributed by atoms with Crippen LogP contribution in [0.2, 0.25) is 0 Å². The van der Waals surface area contributed by atoms with Gasteiger partial charge in [0, 0.05) is 26.3 Å². The van der Waals surface area contributed by atoms with Gasteiger partial charge in [-0.25, -0.2) is 10.0 Å². The second-order valence-corrected chi connectivity index (χ2v) is 5.82. The Morgan fingerprint density at radius 1 is 1.36 bits per heavy atom. The summed E-state index contributed by atoms with van der Waals surface area (Å²) in [7, 11) is 3.59. The standard InChI is InChI=1S/C17H26N2O3/c1-5-12-9-16(19(6-2)18(3)11-22-4)17(21)14-8-7-13(20)10-15(12)14/h7-8,10,12,16,20H,5-6,9,11H2,1-4H3. The van der Waals surface area contributed by atoms with Crippen LogP contribution in [0.25, 0.3) is 0 Å². The van der Waals surface area contributed by atoms with E-state index in [0.717, 1.165) is 30.5 Å². The van der Waals surface area contributed by atoms with Gasteiger partial charge in [0.1, 0.15) is 12.5 Å². The van der Waals surface area contributed by atoms with Gasteiger partial charge in [0.05, 0.1) is 6.04 Å². The first kappa shape index (κ1) is 16.9. The highest BCUT2D eigenvalue weighted by Crippen LogP contribution is 2.37. The van der Waals surface area contributed by atoms with Crippen LogP contribution in [0.3, 0.4) is 0 Å². The van der Waals surface area contributed by atoms with Gasteiger partial charge < -0.3 is 9.84 Å². The van der Waals surface area contributed by atoms with Crippen LogP contribution in [0.4, 0.5) is 0 Å². The van der Waals surface area contributed by atoms with Crippen LogP contribution in [-0.4, -0.2) is 54.4 Å². The van der Waals surface area contributed by atoms with E-state index in [0.29, 0.717) is 6.73 Å². The molecule has 2 atom stereocenters. The molecule has 22 heavy (non-hydrogen) atoms.